The van der Waals surface area contributed by atoms with E-state index in [1.807, 2.05) is 18.2 Å². The fraction of sp³-hybridized carbons (Fsp3) is 0.533. The molecule has 1 heterocycles. The molecule has 1 aromatic rings. The Balaban J connectivity index is 1.69. The van der Waals surface area contributed by atoms with Gasteiger partial charge in [-0.15, -0.1) is 0 Å². The van der Waals surface area contributed by atoms with Gasteiger partial charge in [0.25, 0.3) is 0 Å². The second kappa shape index (κ2) is 8.22. The van der Waals surface area contributed by atoms with E-state index in [9.17, 15) is 4.79 Å². The number of benzene rings is 1. The third-order valence-electron chi connectivity index (χ3n) is 3.72. The van der Waals surface area contributed by atoms with E-state index < -0.39 is 0 Å². The Bertz CT molecular complexity index is 461. The molecule has 1 aliphatic heterocycles. The Morgan fingerprint density at radius 3 is 2.62 bits per heavy atom. The SMILES string of the molecule is NCC(=O)NCCCN1CCN(c2ccccc2Cl)CC1. The van der Waals surface area contributed by atoms with E-state index in [4.69, 9.17) is 17.3 Å². The topological polar surface area (TPSA) is 61.6 Å². The molecule has 0 aromatic heterocycles. The van der Waals surface area contributed by atoms with Gasteiger partial charge in [0.05, 0.1) is 17.3 Å². The lowest BCUT2D eigenvalue weighted by molar-refractivity contribution is -0.119. The molecule has 0 bridgehead atoms. The first-order valence-electron chi connectivity index (χ1n) is 7.39. The minimum atomic E-state index is -0.0847. The minimum absolute atomic E-state index is 0.0660. The summed E-state index contributed by atoms with van der Waals surface area (Å²) in [6.07, 6.45) is 0.956. The smallest absolute Gasteiger partial charge is 0.233 e. The summed E-state index contributed by atoms with van der Waals surface area (Å²) in [7, 11) is 0. The lowest BCUT2D eigenvalue weighted by atomic mass is 10.2. The fourth-order valence-electron chi connectivity index (χ4n) is 2.52. The van der Waals surface area contributed by atoms with Crippen LogP contribution in [-0.4, -0.2) is 56.6 Å². The zero-order valence-electron chi connectivity index (χ0n) is 12.2. The number of rotatable bonds is 6. The summed E-state index contributed by atoms with van der Waals surface area (Å²) in [6.45, 7) is 5.78. The molecule has 0 radical (unpaired) electrons. The maximum absolute atomic E-state index is 11.0. The molecule has 0 saturated carbocycles. The standard InChI is InChI=1S/C15H23ClN4O/c16-13-4-1-2-5-14(13)20-10-8-19(9-11-20)7-3-6-18-15(21)12-17/h1-2,4-5H,3,6-12,17H2,(H,18,21). The number of halogens is 1. The molecule has 0 atom stereocenters. The molecule has 1 aliphatic rings. The van der Waals surface area contributed by atoms with Crippen LogP contribution in [0, 0.1) is 0 Å². The number of hydrogen-bond acceptors (Lipinski definition) is 4. The molecule has 6 heteroatoms. The normalized spacial score (nSPS) is 16.0. The first-order valence-corrected chi connectivity index (χ1v) is 7.77. The van der Waals surface area contributed by atoms with Gasteiger partial charge in [-0.1, -0.05) is 23.7 Å². The monoisotopic (exact) mass is 310 g/mol. The number of para-hydroxylation sites is 1. The van der Waals surface area contributed by atoms with E-state index in [1.54, 1.807) is 0 Å². The average molecular weight is 311 g/mol. The molecule has 0 aliphatic carbocycles. The number of nitrogens with zero attached hydrogens (tertiary/aromatic N) is 2. The van der Waals surface area contributed by atoms with Gasteiger partial charge in [-0.3, -0.25) is 9.69 Å². The van der Waals surface area contributed by atoms with Crippen molar-refractivity contribution in [3.63, 3.8) is 0 Å². The summed E-state index contributed by atoms with van der Waals surface area (Å²) in [5.41, 5.74) is 6.36. The second-order valence-electron chi connectivity index (χ2n) is 5.19. The van der Waals surface area contributed by atoms with Gasteiger partial charge in [-0.25, -0.2) is 0 Å². The van der Waals surface area contributed by atoms with Crippen molar-refractivity contribution in [3.05, 3.63) is 29.3 Å². The van der Waals surface area contributed by atoms with Crippen LogP contribution in [0.1, 0.15) is 6.42 Å². The number of nitrogens with two attached hydrogens (primary N) is 1. The van der Waals surface area contributed by atoms with Gasteiger partial charge in [-0.2, -0.15) is 0 Å². The third-order valence-corrected chi connectivity index (χ3v) is 4.04. The number of piperazine rings is 1. The summed E-state index contributed by atoms with van der Waals surface area (Å²) in [4.78, 5) is 15.8. The minimum Gasteiger partial charge on any atom is -0.368 e. The predicted octanol–water partition coefficient (Wildman–Crippen LogP) is 0.927. The van der Waals surface area contributed by atoms with Crippen molar-refractivity contribution in [2.24, 2.45) is 5.73 Å². The molecule has 1 saturated heterocycles. The zero-order chi connectivity index (χ0) is 15.1. The second-order valence-corrected chi connectivity index (χ2v) is 5.59. The quantitative estimate of drug-likeness (QED) is 0.767. The highest BCUT2D eigenvalue weighted by Crippen LogP contribution is 2.25. The van der Waals surface area contributed by atoms with Crippen LogP contribution < -0.4 is 16.0 Å². The Morgan fingerprint density at radius 2 is 1.95 bits per heavy atom. The van der Waals surface area contributed by atoms with Gasteiger partial charge < -0.3 is 16.0 Å². The van der Waals surface area contributed by atoms with Crippen LogP contribution in [-0.2, 0) is 4.79 Å². The van der Waals surface area contributed by atoms with Gasteiger partial charge in [0.15, 0.2) is 0 Å². The number of nitrogens with one attached hydrogen (secondary N) is 1. The van der Waals surface area contributed by atoms with E-state index in [2.05, 4.69) is 21.2 Å². The largest absolute Gasteiger partial charge is 0.368 e. The molecule has 3 N–H and O–H groups in total. The molecule has 5 nitrogen and oxygen atoms in total. The molecule has 0 spiro atoms. The van der Waals surface area contributed by atoms with E-state index in [1.165, 1.54) is 0 Å². The highest BCUT2D eigenvalue weighted by atomic mass is 35.5. The van der Waals surface area contributed by atoms with Crippen molar-refractivity contribution in [1.29, 1.82) is 0 Å². The van der Waals surface area contributed by atoms with Gasteiger partial charge in [-0.05, 0) is 25.1 Å². The van der Waals surface area contributed by atoms with Crippen molar-refractivity contribution >= 4 is 23.2 Å². The highest BCUT2D eigenvalue weighted by molar-refractivity contribution is 6.33. The number of amides is 1. The Hall–Kier alpha value is -1.30. The summed E-state index contributed by atoms with van der Waals surface area (Å²) < 4.78 is 0. The lowest BCUT2D eigenvalue weighted by Gasteiger charge is -2.36. The number of anilines is 1. The van der Waals surface area contributed by atoms with Crippen LogP contribution in [0.5, 0.6) is 0 Å². The van der Waals surface area contributed by atoms with Crippen molar-refractivity contribution in [3.8, 4) is 0 Å². The number of carbonyl (C=O) groups excluding carboxylic acids is 1. The zero-order valence-corrected chi connectivity index (χ0v) is 13.0. The predicted molar refractivity (Wildman–Crippen MR) is 86.8 cm³/mol. The van der Waals surface area contributed by atoms with Crippen LogP contribution in [0.2, 0.25) is 5.02 Å². The number of hydrogen-bond donors (Lipinski definition) is 2. The molecular formula is C15H23ClN4O. The lowest BCUT2D eigenvalue weighted by Crippen LogP contribution is -2.47. The Morgan fingerprint density at radius 1 is 1.24 bits per heavy atom. The molecule has 116 valence electrons. The van der Waals surface area contributed by atoms with E-state index in [0.717, 1.165) is 49.9 Å². The van der Waals surface area contributed by atoms with Gasteiger partial charge in [0.2, 0.25) is 5.91 Å². The van der Waals surface area contributed by atoms with Crippen LogP contribution in [0.3, 0.4) is 0 Å². The van der Waals surface area contributed by atoms with Crippen molar-refractivity contribution in [2.45, 2.75) is 6.42 Å². The van der Waals surface area contributed by atoms with Crippen molar-refractivity contribution in [2.75, 3.05) is 50.7 Å². The Kier molecular flexibility index (Phi) is 6.29. The molecule has 1 aromatic carbocycles. The summed E-state index contributed by atoms with van der Waals surface area (Å²) in [5.74, 6) is -0.0847. The van der Waals surface area contributed by atoms with Crippen LogP contribution in [0.15, 0.2) is 24.3 Å². The maximum atomic E-state index is 11.0. The average Bonchev–Trinajstić information content (AvgIpc) is 2.52. The molecule has 0 unspecified atom stereocenters. The van der Waals surface area contributed by atoms with Crippen LogP contribution >= 0.6 is 11.6 Å². The summed E-state index contributed by atoms with van der Waals surface area (Å²) in [5, 5.41) is 3.61. The summed E-state index contributed by atoms with van der Waals surface area (Å²) >= 11 is 6.23. The van der Waals surface area contributed by atoms with Crippen molar-refractivity contribution < 1.29 is 4.79 Å². The molecule has 21 heavy (non-hydrogen) atoms. The molecule has 2 rings (SSSR count). The van der Waals surface area contributed by atoms with E-state index in [-0.39, 0.29) is 12.5 Å². The fourth-order valence-corrected chi connectivity index (χ4v) is 2.78. The van der Waals surface area contributed by atoms with Gasteiger partial charge >= 0.3 is 0 Å². The van der Waals surface area contributed by atoms with Crippen molar-refractivity contribution in [1.82, 2.24) is 10.2 Å². The summed E-state index contributed by atoms with van der Waals surface area (Å²) in [6, 6.07) is 7.98. The first-order chi connectivity index (χ1) is 10.2. The van der Waals surface area contributed by atoms with E-state index in [0.29, 0.717) is 6.54 Å². The van der Waals surface area contributed by atoms with E-state index >= 15 is 0 Å². The number of carbonyl (C=O) groups is 1. The molecule has 1 fully saturated rings. The molecular weight excluding hydrogens is 288 g/mol. The third kappa shape index (κ3) is 4.88. The van der Waals surface area contributed by atoms with Crippen LogP contribution in [0.4, 0.5) is 5.69 Å². The van der Waals surface area contributed by atoms with Gasteiger partial charge in [0, 0.05) is 32.7 Å². The van der Waals surface area contributed by atoms with Crippen LogP contribution in [0.25, 0.3) is 0 Å². The highest BCUT2D eigenvalue weighted by Gasteiger charge is 2.18. The maximum Gasteiger partial charge on any atom is 0.233 e. The first kappa shape index (κ1) is 16.1. The Labute approximate surface area is 131 Å². The molecule has 1 amide bonds. The van der Waals surface area contributed by atoms with Gasteiger partial charge in [0.1, 0.15) is 0 Å².